The highest BCUT2D eigenvalue weighted by Gasteiger charge is 2.33. The van der Waals surface area contributed by atoms with Gasteiger partial charge in [-0.25, -0.2) is 0 Å². The Balaban J connectivity index is 1.92. The second kappa shape index (κ2) is 6.84. The Hall–Kier alpha value is -1.66. The van der Waals surface area contributed by atoms with Crippen molar-refractivity contribution in [3.8, 4) is 0 Å². The van der Waals surface area contributed by atoms with Gasteiger partial charge in [-0.15, -0.1) is 0 Å². The smallest absolute Gasteiger partial charge is 0.368 e. The second-order valence-corrected chi connectivity index (χ2v) is 6.38. The number of para-hydroxylation sites is 1. The van der Waals surface area contributed by atoms with Crippen molar-refractivity contribution in [1.82, 2.24) is 5.32 Å². The predicted octanol–water partition coefficient (Wildman–Crippen LogP) is 4.27. The molecule has 122 valence electrons. The van der Waals surface area contributed by atoms with Gasteiger partial charge < -0.3 is 10.2 Å². The summed E-state index contributed by atoms with van der Waals surface area (Å²) in [6, 6.07) is 13.4. The molecule has 0 unspecified atom stereocenters. The summed E-state index contributed by atoms with van der Waals surface area (Å²) in [5.41, 5.74) is 0.413. The zero-order chi connectivity index (χ0) is 16.3. The van der Waals surface area contributed by atoms with Crippen molar-refractivity contribution in [2.24, 2.45) is 0 Å². The maximum Gasteiger partial charge on any atom is 0.417 e. The van der Waals surface area contributed by atoms with Crippen LogP contribution in [0.5, 0.6) is 0 Å². The van der Waals surface area contributed by atoms with Crippen LogP contribution in [0.3, 0.4) is 0 Å². The van der Waals surface area contributed by atoms with E-state index in [0.717, 1.165) is 42.8 Å². The van der Waals surface area contributed by atoms with Crippen LogP contribution in [0.1, 0.15) is 5.56 Å². The summed E-state index contributed by atoms with van der Waals surface area (Å²) >= 11 is 1.18. The SMILES string of the molecule is FC(F)(F)c1ccccc1Sc1ccccc1N1CCNCC1. The summed E-state index contributed by atoms with van der Waals surface area (Å²) < 4.78 is 39.5. The third-order valence-corrected chi connectivity index (χ3v) is 4.88. The van der Waals surface area contributed by atoms with Gasteiger partial charge in [-0.05, 0) is 24.3 Å². The van der Waals surface area contributed by atoms with Gasteiger partial charge in [0.05, 0.1) is 11.3 Å². The molecule has 3 rings (SSSR count). The number of rotatable bonds is 3. The van der Waals surface area contributed by atoms with Gasteiger partial charge in [-0.3, -0.25) is 0 Å². The number of nitrogens with one attached hydrogen (secondary N) is 1. The minimum Gasteiger partial charge on any atom is -0.368 e. The maximum absolute atomic E-state index is 13.2. The van der Waals surface area contributed by atoms with Crippen molar-refractivity contribution >= 4 is 17.4 Å². The lowest BCUT2D eigenvalue weighted by molar-refractivity contribution is -0.139. The fraction of sp³-hybridized carbons (Fsp3) is 0.294. The van der Waals surface area contributed by atoms with Crippen LogP contribution in [-0.4, -0.2) is 26.2 Å². The van der Waals surface area contributed by atoms with Gasteiger partial charge in [0.1, 0.15) is 0 Å². The summed E-state index contributed by atoms with van der Waals surface area (Å²) in [5.74, 6) is 0. The van der Waals surface area contributed by atoms with E-state index in [1.807, 2.05) is 24.3 Å². The zero-order valence-corrected chi connectivity index (χ0v) is 13.3. The molecule has 0 saturated carbocycles. The molecule has 0 spiro atoms. The summed E-state index contributed by atoms with van der Waals surface area (Å²) in [5, 5.41) is 3.29. The Morgan fingerprint density at radius 3 is 2.17 bits per heavy atom. The number of halogens is 3. The Kier molecular flexibility index (Phi) is 4.82. The van der Waals surface area contributed by atoms with Crippen LogP contribution in [0.15, 0.2) is 58.3 Å². The Morgan fingerprint density at radius 2 is 1.48 bits per heavy atom. The van der Waals surface area contributed by atoms with Crippen molar-refractivity contribution in [2.75, 3.05) is 31.1 Å². The summed E-state index contributed by atoms with van der Waals surface area (Å²) in [7, 11) is 0. The molecule has 0 aromatic heterocycles. The van der Waals surface area contributed by atoms with E-state index in [4.69, 9.17) is 0 Å². The third kappa shape index (κ3) is 3.82. The van der Waals surface area contributed by atoms with Gasteiger partial charge in [0.25, 0.3) is 0 Å². The van der Waals surface area contributed by atoms with Gasteiger partial charge >= 0.3 is 6.18 Å². The largest absolute Gasteiger partial charge is 0.417 e. The highest BCUT2D eigenvalue weighted by Crippen LogP contribution is 2.42. The molecular formula is C17H17F3N2S. The lowest BCUT2D eigenvalue weighted by Gasteiger charge is -2.31. The first-order chi connectivity index (χ1) is 11.1. The van der Waals surface area contributed by atoms with E-state index < -0.39 is 11.7 Å². The Bertz CT molecular complexity index is 667. The van der Waals surface area contributed by atoms with Gasteiger partial charge in [-0.2, -0.15) is 13.2 Å². The molecule has 0 aliphatic carbocycles. The first-order valence-corrected chi connectivity index (χ1v) is 8.26. The number of benzene rings is 2. The van der Waals surface area contributed by atoms with Crippen LogP contribution in [0.25, 0.3) is 0 Å². The van der Waals surface area contributed by atoms with E-state index in [-0.39, 0.29) is 4.90 Å². The van der Waals surface area contributed by atoms with E-state index in [9.17, 15) is 13.2 Å². The number of anilines is 1. The van der Waals surface area contributed by atoms with Crippen LogP contribution < -0.4 is 10.2 Å². The molecule has 1 aliphatic heterocycles. The maximum atomic E-state index is 13.2. The summed E-state index contributed by atoms with van der Waals surface area (Å²) in [6.45, 7) is 3.49. The van der Waals surface area contributed by atoms with Crippen molar-refractivity contribution < 1.29 is 13.2 Å². The first kappa shape index (κ1) is 16.2. The highest BCUT2D eigenvalue weighted by atomic mass is 32.2. The fourth-order valence-electron chi connectivity index (χ4n) is 2.62. The number of hydrogen-bond donors (Lipinski definition) is 1. The quantitative estimate of drug-likeness (QED) is 0.900. The molecule has 0 amide bonds. The molecule has 1 aliphatic rings. The third-order valence-electron chi connectivity index (χ3n) is 3.74. The molecule has 2 aromatic carbocycles. The van der Waals surface area contributed by atoms with Crippen molar-refractivity contribution in [2.45, 2.75) is 16.0 Å². The molecule has 1 saturated heterocycles. The van der Waals surface area contributed by atoms with Crippen LogP contribution in [0.2, 0.25) is 0 Å². The summed E-state index contributed by atoms with van der Waals surface area (Å²) in [4.78, 5) is 3.31. The number of hydrogen-bond acceptors (Lipinski definition) is 3. The molecule has 6 heteroatoms. The lowest BCUT2D eigenvalue weighted by Crippen LogP contribution is -2.43. The average molecular weight is 338 g/mol. The number of alkyl halides is 3. The molecular weight excluding hydrogens is 321 g/mol. The minimum atomic E-state index is -4.34. The van der Waals surface area contributed by atoms with Gasteiger partial charge in [0.2, 0.25) is 0 Å². The number of piperazine rings is 1. The molecule has 0 radical (unpaired) electrons. The van der Waals surface area contributed by atoms with Crippen LogP contribution >= 0.6 is 11.8 Å². The minimum absolute atomic E-state index is 0.239. The average Bonchev–Trinajstić information content (AvgIpc) is 2.56. The monoisotopic (exact) mass is 338 g/mol. The molecule has 1 N–H and O–H groups in total. The highest BCUT2D eigenvalue weighted by molar-refractivity contribution is 7.99. The van der Waals surface area contributed by atoms with Gasteiger partial charge in [0, 0.05) is 36.0 Å². The molecule has 0 bridgehead atoms. The van der Waals surface area contributed by atoms with Crippen LogP contribution in [0.4, 0.5) is 18.9 Å². The summed E-state index contributed by atoms with van der Waals surface area (Å²) in [6.07, 6.45) is -4.34. The van der Waals surface area contributed by atoms with Crippen LogP contribution in [0, 0.1) is 0 Å². The van der Waals surface area contributed by atoms with Crippen LogP contribution in [-0.2, 0) is 6.18 Å². The van der Waals surface area contributed by atoms with Crippen molar-refractivity contribution in [3.63, 3.8) is 0 Å². The van der Waals surface area contributed by atoms with E-state index >= 15 is 0 Å². The van der Waals surface area contributed by atoms with Gasteiger partial charge in [0.15, 0.2) is 0 Å². The zero-order valence-electron chi connectivity index (χ0n) is 12.4. The molecule has 1 fully saturated rings. The molecule has 2 aromatic rings. The topological polar surface area (TPSA) is 15.3 Å². The van der Waals surface area contributed by atoms with E-state index in [2.05, 4.69) is 10.2 Å². The Labute approximate surface area is 137 Å². The van der Waals surface area contributed by atoms with Gasteiger partial charge in [-0.1, -0.05) is 36.0 Å². The van der Waals surface area contributed by atoms with Crippen molar-refractivity contribution in [1.29, 1.82) is 0 Å². The normalized spacial score (nSPS) is 15.7. The number of nitrogens with zero attached hydrogens (tertiary/aromatic N) is 1. The molecule has 0 atom stereocenters. The fourth-order valence-corrected chi connectivity index (χ4v) is 3.74. The predicted molar refractivity (Wildman–Crippen MR) is 87.1 cm³/mol. The van der Waals surface area contributed by atoms with Crippen molar-refractivity contribution in [3.05, 3.63) is 54.1 Å². The molecule has 23 heavy (non-hydrogen) atoms. The lowest BCUT2D eigenvalue weighted by atomic mass is 10.2. The standard InChI is InChI=1S/C17H17F3N2S/c18-17(19,20)13-5-1-3-7-15(13)23-16-8-4-2-6-14(16)22-11-9-21-10-12-22/h1-8,21H,9-12H2. The molecule has 2 nitrogen and oxygen atoms in total. The first-order valence-electron chi connectivity index (χ1n) is 7.44. The van der Waals surface area contributed by atoms with E-state index in [0.29, 0.717) is 0 Å². The van der Waals surface area contributed by atoms with E-state index in [1.165, 1.54) is 23.9 Å². The second-order valence-electron chi connectivity index (χ2n) is 5.30. The van der Waals surface area contributed by atoms with E-state index in [1.54, 1.807) is 6.07 Å². The molecule has 1 heterocycles. The Morgan fingerprint density at radius 1 is 0.870 bits per heavy atom.